The van der Waals surface area contributed by atoms with Crippen LogP contribution in [0.15, 0.2) is 0 Å². The molecule has 0 aliphatic carbocycles. The fourth-order valence-corrected chi connectivity index (χ4v) is 2.49. The van der Waals surface area contributed by atoms with Crippen molar-refractivity contribution in [3.63, 3.8) is 0 Å². The minimum absolute atomic E-state index is 0.00718. The van der Waals surface area contributed by atoms with Gasteiger partial charge in [0.2, 0.25) is 5.91 Å². The van der Waals surface area contributed by atoms with Crippen molar-refractivity contribution >= 4 is 12.0 Å². The highest BCUT2D eigenvalue weighted by Gasteiger charge is 2.35. The van der Waals surface area contributed by atoms with Gasteiger partial charge < -0.3 is 15.0 Å². The van der Waals surface area contributed by atoms with Crippen LogP contribution in [0, 0.1) is 11.8 Å². The Kier molecular flexibility index (Phi) is 4.99. The van der Waals surface area contributed by atoms with E-state index in [0.29, 0.717) is 5.92 Å². The van der Waals surface area contributed by atoms with Gasteiger partial charge in [0.15, 0.2) is 0 Å². The number of carbonyl (C=O) groups is 2. The third-order valence-electron chi connectivity index (χ3n) is 3.46. The van der Waals surface area contributed by atoms with Crippen LogP contribution < -0.4 is 5.32 Å². The highest BCUT2D eigenvalue weighted by atomic mass is 16.5. The number of methoxy groups -OCH3 is 1. The Morgan fingerprint density at radius 3 is 2.33 bits per heavy atom. The lowest BCUT2D eigenvalue weighted by molar-refractivity contribution is -0.135. The van der Waals surface area contributed by atoms with Crippen molar-refractivity contribution < 1.29 is 14.3 Å². The fourth-order valence-electron chi connectivity index (χ4n) is 2.49. The van der Waals surface area contributed by atoms with Gasteiger partial charge in [-0.15, -0.1) is 0 Å². The number of ether oxygens (including phenoxy) is 1. The lowest BCUT2D eigenvalue weighted by atomic mass is 10.0. The van der Waals surface area contributed by atoms with Gasteiger partial charge in [-0.3, -0.25) is 4.79 Å². The smallest absolute Gasteiger partial charge is 0.407 e. The summed E-state index contributed by atoms with van der Waals surface area (Å²) in [5.41, 5.74) is 0. The molecule has 5 heteroatoms. The van der Waals surface area contributed by atoms with E-state index < -0.39 is 12.1 Å². The maximum Gasteiger partial charge on any atom is 0.407 e. The second-order valence-corrected chi connectivity index (χ2v) is 5.54. The monoisotopic (exact) mass is 256 g/mol. The summed E-state index contributed by atoms with van der Waals surface area (Å²) in [6.45, 7) is 8.80. The summed E-state index contributed by atoms with van der Waals surface area (Å²) in [6, 6.07) is -0.265. The second kappa shape index (κ2) is 6.07. The highest BCUT2D eigenvalue weighted by Crippen LogP contribution is 2.24. The van der Waals surface area contributed by atoms with Crippen molar-refractivity contribution in [3.8, 4) is 0 Å². The SMILES string of the molecule is COC(=O)N[C@H](C(=O)N1CC(C)C[C@H]1C)C(C)C. The molecule has 18 heavy (non-hydrogen) atoms. The standard InChI is InChI=1S/C13H24N2O3/c1-8(2)11(14-13(17)18-5)12(16)15-7-9(3)6-10(15)4/h8-11H,6-7H2,1-5H3,(H,14,17)/t9?,10-,11+/m1/s1. The van der Waals surface area contributed by atoms with Gasteiger partial charge in [0.25, 0.3) is 0 Å². The number of alkyl carbamates (subject to hydrolysis) is 1. The first-order valence-electron chi connectivity index (χ1n) is 6.51. The Bertz CT molecular complexity index is 317. The first-order valence-corrected chi connectivity index (χ1v) is 6.51. The topological polar surface area (TPSA) is 58.6 Å². The molecule has 1 saturated heterocycles. The summed E-state index contributed by atoms with van der Waals surface area (Å²) < 4.78 is 4.57. The molecule has 2 amide bonds. The molecular formula is C13H24N2O3. The average molecular weight is 256 g/mol. The van der Waals surface area contributed by atoms with Crippen molar-refractivity contribution in [1.82, 2.24) is 10.2 Å². The van der Waals surface area contributed by atoms with Gasteiger partial charge in [0.1, 0.15) is 6.04 Å². The Morgan fingerprint density at radius 1 is 1.33 bits per heavy atom. The van der Waals surface area contributed by atoms with Crippen LogP contribution in [0.4, 0.5) is 4.79 Å². The lowest BCUT2D eigenvalue weighted by Crippen LogP contribution is -2.52. The van der Waals surface area contributed by atoms with Crippen molar-refractivity contribution in [2.75, 3.05) is 13.7 Å². The molecular weight excluding hydrogens is 232 g/mol. The molecule has 1 aliphatic heterocycles. The molecule has 0 aromatic rings. The summed E-state index contributed by atoms with van der Waals surface area (Å²) >= 11 is 0. The molecule has 1 aliphatic rings. The van der Waals surface area contributed by atoms with E-state index in [1.807, 2.05) is 18.7 Å². The number of carbonyl (C=O) groups excluding carboxylic acids is 2. The van der Waals surface area contributed by atoms with Gasteiger partial charge in [-0.05, 0) is 25.2 Å². The second-order valence-electron chi connectivity index (χ2n) is 5.54. The van der Waals surface area contributed by atoms with Crippen LogP contribution in [-0.2, 0) is 9.53 Å². The lowest BCUT2D eigenvalue weighted by Gasteiger charge is -2.29. The van der Waals surface area contributed by atoms with Gasteiger partial charge in [-0.2, -0.15) is 0 Å². The van der Waals surface area contributed by atoms with E-state index in [4.69, 9.17) is 0 Å². The molecule has 0 aromatic heterocycles. The molecule has 1 rings (SSSR count). The third-order valence-corrected chi connectivity index (χ3v) is 3.46. The molecule has 3 atom stereocenters. The molecule has 0 radical (unpaired) electrons. The predicted octanol–water partition coefficient (Wildman–Crippen LogP) is 1.62. The van der Waals surface area contributed by atoms with Crippen molar-refractivity contribution in [1.29, 1.82) is 0 Å². The first-order chi connectivity index (χ1) is 8.36. The average Bonchev–Trinajstić information content (AvgIpc) is 2.63. The molecule has 1 heterocycles. The number of likely N-dealkylation sites (tertiary alicyclic amines) is 1. The fraction of sp³-hybridized carbons (Fsp3) is 0.846. The van der Waals surface area contributed by atoms with E-state index in [9.17, 15) is 9.59 Å². The third kappa shape index (κ3) is 3.37. The van der Waals surface area contributed by atoms with Crippen molar-refractivity contribution in [2.24, 2.45) is 11.8 Å². The molecule has 0 bridgehead atoms. The highest BCUT2D eigenvalue weighted by molar-refractivity contribution is 5.86. The van der Waals surface area contributed by atoms with Crippen LogP contribution in [0.1, 0.15) is 34.1 Å². The van der Waals surface area contributed by atoms with Crippen LogP contribution >= 0.6 is 0 Å². The van der Waals surface area contributed by atoms with Crippen LogP contribution in [0.25, 0.3) is 0 Å². The first kappa shape index (κ1) is 14.8. The van der Waals surface area contributed by atoms with Crippen LogP contribution in [0.3, 0.4) is 0 Å². The number of nitrogens with one attached hydrogen (secondary N) is 1. The maximum atomic E-state index is 12.5. The Hall–Kier alpha value is -1.26. The quantitative estimate of drug-likeness (QED) is 0.835. The summed E-state index contributed by atoms with van der Waals surface area (Å²) in [5, 5.41) is 2.63. The van der Waals surface area contributed by atoms with Gasteiger partial charge >= 0.3 is 6.09 Å². The maximum absolute atomic E-state index is 12.5. The Balaban J connectivity index is 2.74. The molecule has 104 valence electrons. The van der Waals surface area contributed by atoms with Crippen LogP contribution in [0.2, 0.25) is 0 Å². The molecule has 1 fully saturated rings. The zero-order valence-electron chi connectivity index (χ0n) is 11.9. The number of nitrogens with zero attached hydrogens (tertiary/aromatic N) is 1. The molecule has 5 nitrogen and oxygen atoms in total. The van der Waals surface area contributed by atoms with E-state index in [1.54, 1.807) is 0 Å². The zero-order valence-corrected chi connectivity index (χ0v) is 11.9. The van der Waals surface area contributed by atoms with E-state index in [1.165, 1.54) is 7.11 Å². The molecule has 0 saturated carbocycles. The van der Waals surface area contributed by atoms with Gasteiger partial charge in [-0.1, -0.05) is 20.8 Å². The van der Waals surface area contributed by atoms with E-state index in [0.717, 1.165) is 13.0 Å². The van der Waals surface area contributed by atoms with E-state index in [-0.39, 0.29) is 17.9 Å². The Labute approximate surface area is 109 Å². The summed E-state index contributed by atoms with van der Waals surface area (Å²) in [6.07, 6.45) is 0.469. The molecule has 1 unspecified atom stereocenters. The van der Waals surface area contributed by atoms with Gasteiger partial charge in [0, 0.05) is 12.6 Å². The van der Waals surface area contributed by atoms with Crippen LogP contribution in [0.5, 0.6) is 0 Å². The van der Waals surface area contributed by atoms with Crippen molar-refractivity contribution in [3.05, 3.63) is 0 Å². The summed E-state index contributed by atoms with van der Waals surface area (Å²) in [4.78, 5) is 25.6. The molecule has 1 N–H and O–H groups in total. The van der Waals surface area contributed by atoms with E-state index in [2.05, 4.69) is 23.9 Å². The molecule has 0 aromatic carbocycles. The Morgan fingerprint density at radius 2 is 1.94 bits per heavy atom. The van der Waals surface area contributed by atoms with Crippen LogP contribution in [-0.4, -0.2) is 42.6 Å². The van der Waals surface area contributed by atoms with E-state index >= 15 is 0 Å². The minimum atomic E-state index is -0.554. The van der Waals surface area contributed by atoms with Crippen molar-refractivity contribution in [2.45, 2.75) is 46.2 Å². The van der Waals surface area contributed by atoms with Gasteiger partial charge in [0.05, 0.1) is 7.11 Å². The van der Waals surface area contributed by atoms with Gasteiger partial charge in [-0.25, -0.2) is 4.79 Å². The number of amides is 2. The summed E-state index contributed by atoms with van der Waals surface area (Å²) in [7, 11) is 1.30. The zero-order chi connectivity index (χ0) is 13.9. The largest absolute Gasteiger partial charge is 0.453 e. The number of hydrogen-bond acceptors (Lipinski definition) is 3. The normalized spacial score (nSPS) is 25.1. The molecule has 0 spiro atoms. The predicted molar refractivity (Wildman–Crippen MR) is 69.1 cm³/mol. The summed E-state index contributed by atoms with van der Waals surface area (Å²) in [5.74, 6) is 0.557. The number of rotatable bonds is 3. The minimum Gasteiger partial charge on any atom is -0.453 e. The number of hydrogen-bond donors (Lipinski definition) is 1.